The molecule has 1 saturated heterocycles. The summed E-state index contributed by atoms with van der Waals surface area (Å²) in [5, 5.41) is 13.9. The van der Waals surface area contributed by atoms with Crippen molar-refractivity contribution in [3.05, 3.63) is 23.7 Å². The molecular formula is C17H28N2O3. The van der Waals surface area contributed by atoms with E-state index < -0.39 is 5.60 Å². The van der Waals surface area contributed by atoms with E-state index in [0.717, 1.165) is 24.5 Å². The highest BCUT2D eigenvalue weighted by Gasteiger charge is 2.42. The van der Waals surface area contributed by atoms with Gasteiger partial charge in [-0.05, 0) is 37.3 Å². The highest BCUT2D eigenvalue weighted by molar-refractivity contribution is 5.86. The van der Waals surface area contributed by atoms with Crippen molar-refractivity contribution >= 4 is 5.91 Å². The molecule has 1 fully saturated rings. The summed E-state index contributed by atoms with van der Waals surface area (Å²) in [5.74, 6) is 1.52. The molecule has 0 saturated carbocycles. The lowest BCUT2D eigenvalue weighted by Gasteiger charge is -2.40. The van der Waals surface area contributed by atoms with Gasteiger partial charge in [-0.1, -0.05) is 20.8 Å². The van der Waals surface area contributed by atoms with Crippen LogP contribution in [-0.4, -0.2) is 41.1 Å². The number of carbonyl (C=O) groups excluding carboxylic acids is 1. The van der Waals surface area contributed by atoms with Crippen LogP contribution < -0.4 is 5.32 Å². The molecule has 124 valence electrons. The van der Waals surface area contributed by atoms with Gasteiger partial charge in [0.05, 0.1) is 6.54 Å². The zero-order chi connectivity index (χ0) is 16.4. The van der Waals surface area contributed by atoms with Crippen molar-refractivity contribution < 1.29 is 14.3 Å². The van der Waals surface area contributed by atoms with E-state index in [9.17, 15) is 9.90 Å². The van der Waals surface area contributed by atoms with Gasteiger partial charge in [-0.2, -0.15) is 0 Å². The van der Waals surface area contributed by atoms with Crippen molar-refractivity contribution in [3.8, 4) is 0 Å². The zero-order valence-electron chi connectivity index (χ0n) is 14.1. The number of likely N-dealkylation sites (tertiary alicyclic amines) is 1. The van der Waals surface area contributed by atoms with E-state index in [2.05, 4.69) is 26.1 Å². The minimum atomic E-state index is -1.30. The normalized spacial score (nSPS) is 23.1. The largest absolute Gasteiger partial charge is 0.465 e. The standard InChI is InChI=1S/C17H28N2O3/c1-13-6-7-14(22-13)10-18-11-17(21)8-5-9-19(15(17)20)12-16(2,3)4/h6-7,18,21H,5,8-12H2,1-4H3. The first-order valence-electron chi connectivity index (χ1n) is 7.97. The van der Waals surface area contributed by atoms with Crippen molar-refractivity contribution in [2.24, 2.45) is 5.41 Å². The summed E-state index contributed by atoms with van der Waals surface area (Å²) in [5.41, 5.74) is -1.27. The Morgan fingerprint density at radius 3 is 2.73 bits per heavy atom. The van der Waals surface area contributed by atoms with E-state index in [1.165, 1.54) is 0 Å². The minimum absolute atomic E-state index is 0.0348. The Hall–Kier alpha value is -1.33. The quantitative estimate of drug-likeness (QED) is 0.874. The summed E-state index contributed by atoms with van der Waals surface area (Å²) in [6.07, 6.45) is 1.34. The highest BCUT2D eigenvalue weighted by Crippen LogP contribution is 2.26. The zero-order valence-corrected chi connectivity index (χ0v) is 14.1. The average Bonchev–Trinajstić information content (AvgIpc) is 2.80. The number of rotatable bonds is 5. The van der Waals surface area contributed by atoms with Crippen LogP contribution in [0.5, 0.6) is 0 Å². The van der Waals surface area contributed by atoms with Gasteiger partial charge in [0, 0.05) is 19.6 Å². The summed E-state index contributed by atoms with van der Waals surface area (Å²) in [7, 11) is 0. The molecule has 5 nitrogen and oxygen atoms in total. The molecule has 0 aliphatic carbocycles. The summed E-state index contributed by atoms with van der Waals surface area (Å²) in [4.78, 5) is 14.4. The first-order valence-corrected chi connectivity index (χ1v) is 7.97. The second-order valence-electron chi connectivity index (χ2n) is 7.54. The van der Waals surface area contributed by atoms with Crippen LogP contribution in [0.3, 0.4) is 0 Å². The third-order valence-corrected chi connectivity index (χ3v) is 3.88. The number of nitrogens with one attached hydrogen (secondary N) is 1. The van der Waals surface area contributed by atoms with Gasteiger partial charge in [0.15, 0.2) is 5.60 Å². The summed E-state index contributed by atoms with van der Waals surface area (Å²) < 4.78 is 5.48. The van der Waals surface area contributed by atoms with Gasteiger partial charge in [0.2, 0.25) is 0 Å². The molecule has 0 spiro atoms. The first kappa shape index (κ1) is 17.0. The third kappa shape index (κ3) is 4.34. The molecule has 1 aliphatic heterocycles. The minimum Gasteiger partial charge on any atom is -0.465 e. The topological polar surface area (TPSA) is 65.7 Å². The monoisotopic (exact) mass is 308 g/mol. The van der Waals surface area contributed by atoms with Gasteiger partial charge in [0.1, 0.15) is 11.5 Å². The second kappa shape index (κ2) is 6.42. The fraction of sp³-hybridized carbons (Fsp3) is 0.706. The molecule has 1 aliphatic rings. The molecule has 2 heterocycles. The molecule has 5 heteroatoms. The van der Waals surface area contributed by atoms with Crippen LogP contribution in [0.25, 0.3) is 0 Å². The van der Waals surface area contributed by atoms with E-state index in [0.29, 0.717) is 19.5 Å². The number of aryl methyl sites for hydroxylation is 1. The van der Waals surface area contributed by atoms with E-state index in [1.807, 2.05) is 19.1 Å². The Morgan fingerprint density at radius 1 is 1.41 bits per heavy atom. The van der Waals surface area contributed by atoms with E-state index in [1.54, 1.807) is 4.90 Å². The molecule has 1 aromatic rings. The number of hydrogen-bond acceptors (Lipinski definition) is 4. The predicted octanol–water partition coefficient (Wildman–Crippen LogP) is 2.08. The number of hydrogen-bond donors (Lipinski definition) is 2. The van der Waals surface area contributed by atoms with Crippen molar-refractivity contribution in [2.45, 2.75) is 52.7 Å². The van der Waals surface area contributed by atoms with Crippen molar-refractivity contribution in [2.75, 3.05) is 19.6 Å². The fourth-order valence-electron chi connectivity index (χ4n) is 2.93. The van der Waals surface area contributed by atoms with Crippen LogP contribution in [0.4, 0.5) is 0 Å². The van der Waals surface area contributed by atoms with Crippen molar-refractivity contribution in [1.82, 2.24) is 10.2 Å². The lowest BCUT2D eigenvalue weighted by Crippen LogP contribution is -2.59. The van der Waals surface area contributed by atoms with E-state index in [-0.39, 0.29) is 17.9 Å². The Bertz CT molecular complexity index is 518. The van der Waals surface area contributed by atoms with Crippen LogP contribution in [0.15, 0.2) is 16.5 Å². The Balaban J connectivity index is 1.91. The number of aliphatic hydroxyl groups is 1. The summed E-state index contributed by atoms with van der Waals surface area (Å²) in [6.45, 7) is 10.4. The summed E-state index contributed by atoms with van der Waals surface area (Å²) >= 11 is 0. The predicted molar refractivity (Wildman–Crippen MR) is 85.4 cm³/mol. The van der Waals surface area contributed by atoms with Gasteiger partial charge in [-0.25, -0.2) is 0 Å². The van der Waals surface area contributed by atoms with Crippen LogP contribution in [0, 0.1) is 12.3 Å². The van der Waals surface area contributed by atoms with Crippen LogP contribution in [0.1, 0.15) is 45.1 Å². The van der Waals surface area contributed by atoms with Crippen LogP contribution in [-0.2, 0) is 11.3 Å². The second-order valence-corrected chi connectivity index (χ2v) is 7.54. The Labute approximate surface area is 132 Å². The molecule has 0 radical (unpaired) electrons. The number of furan rings is 1. The first-order chi connectivity index (χ1) is 10.2. The summed E-state index contributed by atoms with van der Waals surface area (Å²) in [6, 6.07) is 3.81. The smallest absolute Gasteiger partial charge is 0.255 e. The van der Waals surface area contributed by atoms with Crippen LogP contribution >= 0.6 is 0 Å². The van der Waals surface area contributed by atoms with Gasteiger partial charge in [-0.3, -0.25) is 4.79 Å². The molecule has 22 heavy (non-hydrogen) atoms. The molecule has 1 aromatic heterocycles. The van der Waals surface area contributed by atoms with Gasteiger partial charge < -0.3 is 19.7 Å². The molecule has 1 atom stereocenters. The lowest BCUT2D eigenvalue weighted by atomic mass is 9.88. The van der Waals surface area contributed by atoms with Crippen molar-refractivity contribution in [1.29, 1.82) is 0 Å². The van der Waals surface area contributed by atoms with Gasteiger partial charge in [-0.15, -0.1) is 0 Å². The number of amides is 1. The molecule has 1 amide bonds. The van der Waals surface area contributed by atoms with E-state index in [4.69, 9.17) is 4.42 Å². The molecule has 1 unspecified atom stereocenters. The highest BCUT2D eigenvalue weighted by atomic mass is 16.3. The Morgan fingerprint density at radius 2 is 2.14 bits per heavy atom. The SMILES string of the molecule is Cc1ccc(CNCC2(O)CCCN(CC(C)(C)C)C2=O)o1. The molecular weight excluding hydrogens is 280 g/mol. The molecule has 2 rings (SSSR count). The molecule has 0 bridgehead atoms. The van der Waals surface area contributed by atoms with Crippen LogP contribution in [0.2, 0.25) is 0 Å². The average molecular weight is 308 g/mol. The lowest BCUT2D eigenvalue weighted by molar-refractivity contribution is -0.158. The number of nitrogens with zero attached hydrogens (tertiary/aromatic N) is 1. The third-order valence-electron chi connectivity index (χ3n) is 3.88. The molecule has 2 N–H and O–H groups in total. The van der Waals surface area contributed by atoms with Gasteiger partial charge in [0.25, 0.3) is 5.91 Å². The maximum absolute atomic E-state index is 12.6. The van der Waals surface area contributed by atoms with Crippen molar-refractivity contribution in [3.63, 3.8) is 0 Å². The number of carbonyl (C=O) groups is 1. The maximum atomic E-state index is 12.6. The Kier molecular flexibility index (Phi) is 4.97. The fourth-order valence-corrected chi connectivity index (χ4v) is 2.93. The van der Waals surface area contributed by atoms with E-state index >= 15 is 0 Å². The molecule has 0 aromatic carbocycles. The van der Waals surface area contributed by atoms with Gasteiger partial charge >= 0.3 is 0 Å². The number of piperidine rings is 1. The maximum Gasteiger partial charge on any atom is 0.255 e.